The first-order valence-electron chi connectivity index (χ1n) is 7.01. The minimum Gasteiger partial charge on any atom is -0.383 e. The van der Waals surface area contributed by atoms with Gasteiger partial charge in [0.05, 0.1) is 6.61 Å². The van der Waals surface area contributed by atoms with Gasteiger partial charge in [-0.15, -0.1) is 0 Å². The summed E-state index contributed by atoms with van der Waals surface area (Å²) in [5.74, 6) is -0.124. The highest BCUT2D eigenvalue weighted by molar-refractivity contribution is 5.54. The van der Waals surface area contributed by atoms with Crippen molar-refractivity contribution in [2.24, 2.45) is 0 Å². The topological polar surface area (TPSA) is 24.5 Å². The fourth-order valence-corrected chi connectivity index (χ4v) is 2.20. The van der Waals surface area contributed by atoms with Crippen LogP contribution in [0.1, 0.15) is 25.3 Å². The van der Waals surface area contributed by atoms with E-state index < -0.39 is 0 Å². The molecule has 0 aromatic heterocycles. The number of anilines is 1. The number of methoxy groups -OCH3 is 1. The second-order valence-corrected chi connectivity index (χ2v) is 4.97. The molecule has 1 fully saturated rings. The Morgan fingerprint density at radius 3 is 2.84 bits per heavy atom. The normalized spacial score (nSPS) is 14.7. The summed E-state index contributed by atoms with van der Waals surface area (Å²) >= 11 is 0. The maximum absolute atomic E-state index is 14.0. The average molecular weight is 266 g/mol. The Kier molecular flexibility index (Phi) is 5.16. The van der Waals surface area contributed by atoms with Crippen molar-refractivity contribution < 1.29 is 9.13 Å². The van der Waals surface area contributed by atoms with Crippen LogP contribution in [0.15, 0.2) is 18.2 Å². The highest BCUT2D eigenvalue weighted by atomic mass is 19.1. The van der Waals surface area contributed by atoms with Gasteiger partial charge in [0.15, 0.2) is 0 Å². The molecule has 3 nitrogen and oxygen atoms in total. The standard InChI is InChI=1S/C15H23FN2O/c1-3-18(9-10-19-2)15-6-4-5-14(16)13(15)11-17-12-7-8-12/h4-6,12,17H,3,7-11H2,1-2H3. The van der Waals surface area contributed by atoms with Crippen LogP contribution in [0.5, 0.6) is 0 Å². The molecule has 1 aliphatic rings. The second kappa shape index (κ2) is 6.87. The van der Waals surface area contributed by atoms with Gasteiger partial charge in [-0.1, -0.05) is 6.07 Å². The van der Waals surface area contributed by atoms with E-state index in [0.29, 0.717) is 19.2 Å². The number of nitrogens with zero attached hydrogens (tertiary/aromatic N) is 1. The quantitative estimate of drug-likeness (QED) is 0.782. The lowest BCUT2D eigenvalue weighted by molar-refractivity contribution is 0.205. The van der Waals surface area contributed by atoms with E-state index in [1.54, 1.807) is 13.2 Å². The SMILES string of the molecule is CCN(CCOC)c1cccc(F)c1CNC1CC1. The zero-order valence-electron chi connectivity index (χ0n) is 11.8. The Labute approximate surface area is 114 Å². The van der Waals surface area contributed by atoms with E-state index in [-0.39, 0.29) is 5.82 Å². The number of benzene rings is 1. The molecule has 0 aliphatic heterocycles. The molecule has 0 spiro atoms. The predicted octanol–water partition coefficient (Wildman–Crippen LogP) is 2.55. The van der Waals surface area contributed by atoms with Crippen LogP contribution in [0.4, 0.5) is 10.1 Å². The maximum atomic E-state index is 14.0. The van der Waals surface area contributed by atoms with Crippen molar-refractivity contribution in [1.82, 2.24) is 5.32 Å². The molecule has 0 heterocycles. The Balaban J connectivity index is 2.13. The monoisotopic (exact) mass is 266 g/mol. The molecular formula is C15H23FN2O. The molecule has 1 aromatic rings. The molecule has 0 atom stereocenters. The first kappa shape index (κ1) is 14.3. The minimum atomic E-state index is -0.124. The Hall–Kier alpha value is -1.13. The fraction of sp³-hybridized carbons (Fsp3) is 0.600. The molecule has 1 N–H and O–H groups in total. The van der Waals surface area contributed by atoms with Crippen molar-refractivity contribution in [3.05, 3.63) is 29.6 Å². The molecule has 1 aromatic carbocycles. The van der Waals surface area contributed by atoms with Crippen LogP contribution in [0, 0.1) is 5.82 Å². The van der Waals surface area contributed by atoms with Gasteiger partial charge in [0.25, 0.3) is 0 Å². The zero-order chi connectivity index (χ0) is 13.7. The lowest BCUT2D eigenvalue weighted by Gasteiger charge is -2.26. The van der Waals surface area contributed by atoms with Gasteiger partial charge in [-0.05, 0) is 31.9 Å². The first-order valence-corrected chi connectivity index (χ1v) is 7.01. The summed E-state index contributed by atoms with van der Waals surface area (Å²) < 4.78 is 19.2. The molecule has 0 amide bonds. The van der Waals surface area contributed by atoms with Gasteiger partial charge in [-0.2, -0.15) is 0 Å². The molecule has 0 bridgehead atoms. The molecule has 106 valence electrons. The summed E-state index contributed by atoms with van der Waals surface area (Å²) in [5.41, 5.74) is 1.75. The summed E-state index contributed by atoms with van der Waals surface area (Å²) in [6.45, 7) is 4.98. The van der Waals surface area contributed by atoms with Crippen LogP contribution in [0.25, 0.3) is 0 Å². The summed E-state index contributed by atoms with van der Waals surface area (Å²) in [6.07, 6.45) is 2.43. The summed E-state index contributed by atoms with van der Waals surface area (Å²) in [5, 5.41) is 3.39. The Morgan fingerprint density at radius 1 is 1.42 bits per heavy atom. The van der Waals surface area contributed by atoms with Crippen LogP contribution in [0.3, 0.4) is 0 Å². The lowest BCUT2D eigenvalue weighted by atomic mass is 10.1. The fourth-order valence-electron chi connectivity index (χ4n) is 2.20. The Morgan fingerprint density at radius 2 is 2.21 bits per heavy atom. The van der Waals surface area contributed by atoms with E-state index in [1.165, 1.54) is 18.9 Å². The molecular weight excluding hydrogens is 243 g/mol. The van der Waals surface area contributed by atoms with Crippen LogP contribution >= 0.6 is 0 Å². The van der Waals surface area contributed by atoms with E-state index in [1.807, 2.05) is 6.07 Å². The van der Waals surface area contributed by atoms with E-state index in [9.17, 15) is 4.39 Å². The summed E-state index contributed by atoms with van der Waals surface area (Å²) in [4.78, 5) is 2.16. The Bertz CT molecular complexity index is 407. The minimum absolute atomic E-state index is 0.124. The molecule has 1 aliphatic carbocycles. The van der Waals surface area contributed by atoms with Gasteiger partial charge >= 0.3 is 0 Å². The number of likely N-dealkylation sites (N-methyl/N-ethyl adjacent to an activating group) is 1. The highest BCUT2D eigenvalue weighted by Gasteiger charge is 2.22. The van der Waals surface area contributed by atoms with E-state index >= 15 is 0 Å². The molecule has 19 heavy (non-hydrogen) atoms. The highest BCUT2D eigenvalue weighted by Crippen LogP contribution is 2.25. The molecule has 0 saturated heterocycles. The molecule has 1 saturated carbocycles. The van der Waals surface area contributed by atoms with Crippen molar-refractivity contribution >= 4 is 5.69 Å². The van der Waals surface area contributed by atoms with Crippen molar-refractivity contribution in [2.75, 3.05) is 31.7 Å². The van der Waals surface area contributed by atoms with Crippen LogP contribution in [-0.4, -0.2) is 32.8 Å². The van der Waals surface area contributed by atoms with Gasteiger partial charge in [-0.3, -0.25) is 0 Å². The van der Waals surface area contributed by atoms with Crippen LogP contribution in [0.2, 0.25) is 0 Å². The van der Waals surface area contributed by atoms with Crippen LogP contribution in [-0.2, 0) is 11.3 Å². The van der Waals surface area contributed by atoms with Gasteiger partial charge in [0, 0.05) is 44.0 Å². The molecule has 0 radical (unpaired) electrons. The van der Waals surface area contributed by atoms with Crippen molar-refractivity contribution in [3.8, 4) is 0 Å². The van der Waals surface area contributed by atoms with Gasteiger partial charge < -0.3 is 15.0 Å². The number of halogens is 1. The molecule has 0 unspecified atom stereocenters. The zero-order valence-corrected chi connectivity index (χ0v) is 11.8. The predicted molar refractivity (Wildman–Crippen MR) is 76.0 cm³/mol. The third-order valence-corrected chi connectivity index (χ3v) is 3.53. The van der Waals surface area contributed by atoms with E-state index in [2.05, 4.69) is 17.1 Å². The van der Waals surface area contributed by atoms with Crippen molar-refractivity contribution in [1.29, 1.82) is 0 Å². The second-order valence-electron chi connectivity index (χ2n) is 4.97. The average Bonchev–Trinajstić information content (AvgIpc) is 3.23. The van der Waals surface area contributed by atoms with Crippen LogP contribution < -0.4 is 10.2 Å². The molecule has 4 heteroatoms. The summed E-state index contributed by atoms with van der Waals surface area (Å²) in [7, 11) is 1.69. The van der Waals surface area contributed by atoms with Crippen molar-refractivity contribution in [2.45, 2.75) is 32.4 Å². The number of hydrogen-bond donors (Lipinski definition) is 1. The maximum Gasteiger partial charge on any atom is 0.129 e. The third-order valence-electron chi connectivity index (χ3n) is 3.53. The van der Waals surface area contributed by atoms with Crippen molar-refractivity contribution in [3.63, 3.8) is 0 Å². The van der Waals surface area contributed by atoms with E-state index in [0.717, 1.165) is 24.3 Å². The number of ether oxygens (including phenoxy) is 1. The van der Waals surface area contributed by atoms with E-state index in [4.69, 9.17) is 4.74 Å². The van der Waals surface area contributed by atoms with Gasteiger partial charge in [0.1, 0.15) is 5.82 Å². The number of hydrogen-bond acceptors (Lipinski definition) is 3. The lowest BCUT2D eigenvalue weighted by Crippen LogP contribution is -2.29. The number of rotatable bonds is 8. The van der Waals surface area contributed by atoms with Gasteiger partial charge in [-0.25, -0.2) is 4.39 Å². The van der Waals surface area contributed by atoms with Gasteiger partial charge in [0.2, 0.25) is 0 Å². The third kappa shape index (κ3) is 3.91. The first-order chi connectivity index (χ1) is 9.26. The largest absolute Gasteiger partial charge is 0.383 e. The number of nitrogens with one attached hydrogen (secondary N) is 1. The smallest absolute Gasteiger partial charge is 0.129 e. The molecule has 2 rings (SSSR count). The summed E-state index contributed by atoms with van der Waals surface area (Å²) in [6, 6.07) is 5.89.